The van der Waals surface area contributed by atoms with Gasteiger partial charge in [-0.05, 0) is 37.1 Å². The molecular weight excluding hydrogens is 432 g/mol. The fourth-order valence-corrected chi connectivity index (χ4v) is 4.83. The van der Waals surface area contributed by atoms with Crippen molar-refractivity contribution in [3.05, 3.63) is 57.6 Å². The fraction of sp³-hybridized carbons (Fsp3) is 0.316. The Labute approximate surface area is 179 Å². The lowest BCUT2D eigenvalue weighted by Crippen LogP contribution is -2.35. The lowest BCUT2D eigenvalue weighted by molar-refractivity contribution is -0.384. The summed E-state index contributed by atoms with van der Waals surface area (Å²) in [5.41, 5.74) is 0.492. The van der Waals surface area contributed by atoms with Crippen molar-refractivity contribution >= 4 is 44.6 Å². The van der Waals surface area contributed by atoms with Crippen molar-refractivity contribution < 1.29 is 18.1 Å². The van der Waals surface area contributed by atoms with Gasteiger partial charge in [-0.15, -0.1) is 0 Å². The Balaban J connectivity index is 1.68. The molecule has 0 saturated carbocycles. The van der Waals surface area contributed by atoms with E-state index in [1.807, 2.05) is 0 Å². The number of anilines is 2. The van der Waals surface area contributed by atoms with Gasteiger partial charge in [0, 0.05) is 30.9 Å². The molecule has 2 N–H and O–H groups in total. The first-order valence-electron chi connectivity index (χ1n) is 9.35. The molecule has 0 spiro atoms. The van der Waals surface area contributed by atoms with Crippen molar-refractivity contribution in [3.8, 4) is 0 Å². The summed E-state index contributed by atoms with van der Waals surface area (Å²) < 4.78 is 27.1. The van der Waals surface area contributed by atoms with Crippen molar-refractivity contribution in [1.82, 2.24) is 4.31 Å². The molecule has 1 saturated heterocycles. The number of nitrogens with zero attached hydrogens (tertiary/aromatic N) is 2. The van der Waals surface area contributed by atoms with Crippen LogP contribution in [0.25, 0.3) is 0 Å². The van der Waals surface area contributed by atoms with Gasteiger partial charge in [-0.25, -0.2) is 8.42 Å². The highest BCUT2D eigenvalue weighted by Crippen LogP contribution is 2.28. The molecule has 2 aromatic rings. The van der Waals surface area contributed by atoms with E-state index in [2.05, 4.69) is 10.6 Å². The first-order chi connectivity index (χ1) is 14.3. The lowest BCUT2D eigenvalue weighted by atomic mass is 10.2. The van der Waals surface area contributed by atoms with E-state index in [1.54, 1.807) is 6.07 Å². The van der Waals surface area contributed by atoms with Crippen LogP contribution in [0.15, 0.2) is 47.4 Å². The van der Waals surface area contributed by atoms with E-state index in [4.69, 9.17) is 11.6 Å². The minimum atomic E-state index is -3.66. The Morgan fingerprint density at radius 2 is 1.87 bits per heavy atom. The molecule has 0 atom stereocenters. The summed E-state index contributed by atoms with van der Waals surface area (Å²) in [4.78, 5) is 22.7. The predicted molar refractivity (Wildman–Crippen MR) is 114 cm³/mol. The van der Waals surface area contributed by atoms with Crippen LogP contribution in [0.2, 0.25) is 5.02 Å². The van der Waals surface area contributed by atoms with Crippen LogP contribution >= 0.6 is 11.6 Å². The van der Waals surface area contributed by atoms with Gasteiger partial charge in [-0.1, -0.05) is 24.1 Å². The number of carbonyl (C=O) groups is 1. The first kappa shape index (κ1) is 22.0. The number of nitro benzene ring substituents is 1. The van der Waals surface area contributed by atoms with Gasteiger partial charge in [0.05, 0.1) is 27.1 Å². The van der Waals surface area contributed by atoms with Gasteiger partial charge in [0.2, 0.25) is 15.9 Å². The molecule has 1 aliphatic heterocycles. The van der Waals surface area contributed by atoms with Crippen LogP contribution < -0.4 is 10.6 Å². The van der Waals surface area contributed by atoms with Crippen molar-refractivity contribution in [2.24, 2.45) is 0 Å². The molecule has 160 valence electrons. The van der Waals surface area contributed by atoms with E-state index in [0.717, 1.165) is 19.3 Å². The number of nitro groups is 1. The normalized spacial score (nSPS) is 14.8. The monoisotopic (exact) mass is 452 g/mol. The number of nitrogens with one attached hydrogen (secondary N) is 2. The smallest absolute Gasteiger partial charge is 0.271 e. The molecule has 0 bridgehead atoms. The highest BCUT2D eigenvalue weighted by Gasteiger charge is 2.26. The Morgan fingerprint density at radius 3 is 2.57 bits per heavy atom. The van der Waals surface area contributed by atoms with Gasteiger partial charge >= 0.3 is 0 Å². The van der Waals surface area contributed by atoms with Gasteiger partial charge < -0.3 is 10.6 Å². The van der Waals surface area contributed by atoms with E-state index in [9.17, 15) is 23.3 Å². The molecule has 1 amide bonds. The number of hydrogen-bond donors (Lipinski definition) is 2. The average molecular weight is 453 g/mol. The summed E-state index contributed by atoms with van der Waals surface area (Å²) in [7, 11) is -3.66. The molecule has 0 unspecified atom stereocenters. The van der Waals surface area contributed by atoms with Crippen molar-refractivity contribution in [2.45, 2.75) is 24.2 Å². The van der Waals surface area contributed by atoms with E-state index < -0.39 is 20.9 Å². The molecule has 0 radical (unpaired) electrons. The molecule has 1 fully saturated rings. The number of rotatable bonds is 7. The summed E-state index contributed by atoms with van der Waals surface area (Å²) in [5, 5.41) is 16.4. The van der Waals surface area contributed by atoms with Crippen LogP contribution in [-0.4, -0.2) is 43.2 Å². The van der Waals surface area contributed by atoms with E-state index in [0.29, 0.717) is 18.8 Å². The number of hydrogen-bond acceptors (Lipinski definition) is 6. The molecule has 0 aromatic heterocycles. The van der Waals surface area contributed by atoms with Gasteiger partial charge in [0.15, 0.2) is 0 Å². The molecular formula is C19H21ClN4O5S. The molecule has 3 rings (SSSR count). The Kier molecular flexibility index (Phi) is 6.91. The highest BCUT2D eigenvalue weighted by atomic mass is 35.5. The second-order valence-corrected chi connectivity index (χ2v) is 9.16. The number of sulfonamides is 1. The first-order valence-corrected chi connectivity index (χ1v) is 11.2. The summed E-state index contributed by atoms with van der Waals surface area (Å²) in [5.74, 6) is -0.476. The molecule has 11 heteroatoms. The van der Waals surface area contributed by atoms with Crippen LogP contribution in [0.4, 0.5) is 17.1 Å². The Bertz CT molecular complexity index is 1050. The fourth-order valence-electron chi connectivity index (χ4n) is 3.12. The number of non-ortho nitro benzene ring substituents is 1. The summed E-state index contributed by atoms with van der Waals surface area (Å²) in [6.45, 7) is 0.764. The number of piperidine rings is 1. The maximum absolute atomic E-state index is 12.8. The number of halogens is 1. The zero-order valence-corrected chi connectivity index (χ0v) is 17.6. The molecule has 1 aliphatic rings. The number of amides is 1. The maximum atomic E-state index is 12.8. The topological polar surface area (TPSA) is 122 Å². The van der Waals surface area contributed by atoms with Crippen LogP contribution in [0.5, 0.6) is 0 Å². The third-order valence-corrected chi connectivity index (χ3v) is 6.90. The minimum Gasteiger partial charge on any atom is -0.376 e. The predicted octanol–water partition coefficient (Wildman–Crippen LogP) is 3.47. The Morgan fingerprint density at radius 1 is 1.13 bits per heavy atom. The zero-order chi connectivity index (χ0) is 21.7. The highest BCUT2D eigenvalue weighted by molar-refractivity contribution is 7.89. The van der Waals surface area contributed by atoms with Crippen LogP contribution in [0, 0.1) is 10.1 Å². The third kappa shape index (κ3) is 5.26. The Hall–Kier alpha value is -2.69. The van der Waals surface area contributed by atoms with E-state index >= 15 is 0 Å². The van der Waals surface area contributed by atoms with Gasteiger partial charge in [-0.2, -0.15) is 4.31 Å². The van der Waals surface area contributed by atoms with E-state index in [1.165, 1.54) is 40.7 Å². The lowest BCUT2D eigenvalue weighted by Gasteiger charge is -2.26. The van der Waals surface area contributed by atoms with Gasteiger partial charge in [0.25, 0.3) is 5.69 Å². The van der Waals surface area contributed by atoms with Crippen molar-refractivity contribution in [3.63, 3.8) is 0 Å². The quantitative estimate of drug-likeness (QED) is 0.490. The standard InChI is InChI=1S/C19H21ClN4O5S/c20-17-8-7-16(30(28,29)23-9-2-1-3-10-23)12-18(17)22-19(25)13-21-14-5-4-6-15(11-14)24(26)27/h4-8,11-12,21H,1-3,9-10,13H2,(H,22,25). The third-order valence-electron chi connectivity index (χ3n) is 4.67. The summed E-state index contributed by atoms with van der Waals surface area (Å²) in [6.07, 6.45) is 2.64. The zero-order valence-electron chi connectivity index (χ0n) is 16.0. The van der Waals surface area contributed by atoms with Crippen molar-refractivity contribution in [1.29, 1.82) is 0 Å². The summed E-state index contributed by atoms with van der Waals surface area (Å²) in [6, 6.07) is 9.96. The molecule has 9 nitrogen and oxygen atoms in total. The number of carbonyl (C=O) groups excluding carboxylic acids is 1. The van der Waals surface area contributed by atoms with Gasteiger partial charge in [-0.3, -0.25) is 14.9 Å². The van der Waals surface area contributed by atoms with Crippen LogP contribution in [-0.2, 0) is 14.8 Å². The largest absolute Gasteiger partial charge is 0.376 e. The molecule has 30 heavy (non-hydrogen) atoms. The second-order valence-electron chi connectivity index (χ2n) is 6.82. The SMILES string of the molecule is O=C(CNc1cccc([N+](=O)[O-])c1)Nc1cc(S(=O)(=O)N2CCCCC2)ccc1Cl. The number of benzene rings is 2. The average Bonchev–Trinajstić information content (AvgIpc) is 2.74. The summed E-state index contributed by atoms with van der Waals surface area (Å²) >= 11 is 6.13. The molecule has 1 heterocycles. The van der Waals surface area contributed by atoms with Crippen LogP contribution in [0.1, 0.15) is 19.3 Å². The second kappa shape index (κ2) is 9.41. The van der Waals surface area contributed by atoms with Gasteiger partial charge in [0.1, 0.15) is 0 Å². The maximum Gasteiger partial charge on any atom is 0.271 e. The molecule has 2 aromatic carbocycles. The van der Waals surface area contributed by atoms with E-state index in [-0.39, 0.29) is 27.8 Å². The minimum absolute atomic E-state index is 0.0655. The van der Waals surface area contributed by atoms with Crippen molar-refractivity contribution in [2.75, 3.05) is 30.3 Å². The molecule has 0 aliphatic carbocycles. The van der Waals surface area contributed by atoms with Crippen LogP contribution in [0.3, 0.4) is 0 Å².